The number of carboxylic acids is 1. The Kier molecular flexibility index (Phi) is 4.55. The molecule has 0 radical (unpaired) electrons. The van der Waals surface area contributed by atoms with Crippen molar-refractivity contribution in [1.29, 1.82) is 0 Å². The minimum atomic E-state index is -3.80. The van der Waals surface area contributed by atoms with E-state index in [4.69, 9.17) is 5.11 Å². The highest BCUT2D eigenvalue weighted by molar-refractivity contribution is 7.99. The molecule has 94 valence electrons. The maximum Gasteiger partial charge on any atom is 0.321 e. The van der Waals surface area contributed by atoms with E-state index >= 15 is 0 Å². The molecule has 1 rings (SSSR count). The molecule has 0 aliphatic rings. The predicted octanol–water partition coefficient (Wildman–Crippen LogP) is 1.16. The molecule has 0 saturated carbocycles. The van der Waals surface area contributed by atoms with Crippen molar-refractivity contribution < 1.29 is 18.3 Å². The number of hydrogen-bond donors (Lipinski definition) is 2. The third-order valence-electron chi connectivity index (χ3n) is 2.06. The Balaban J connectivity index is 3.09. The summed E-state index contributed by atoms with van der Waals surface area (Å²) < 4.78 is 26.0. The molecule has 0 fully saturated rings. The van der Waals surface area contributed by atoms with Crippen LogP contribution in [-0.2, 0) is 14.8 Å². The van der Waals surface area contributed by atoms with Gasteiger partial charge in [0.05, 0.1) is 4.90 Å². The van der Waals surface area contributed by atoms with Crippen molar-refractivity contribution in [2.24, 2.45) is 0 Å². The molecule has 7 heteroatoms. The minimum Gasteiger partial charge on any atom is -0.480 e. The lowest BCUT2D eigenvalue weighted by Crippen LogP contribution is -2.38. The van der Waals surface area contributed by atoms with Gasteiger partial charge in [-0.05, 0) is 25.3 Å². The lowest BCUT2D eigenvalue weighted by atomic mass is 10.4. The SMILES string of the molecule is CSc1ccccc1S(=O)(=O)N[C@@H](C)C(=O)O. The summed E-state index contributed by atoms with van der Waals surface area (Å²) in [5.41, 5.74) is 0. The van der Waals surface area contributed by atoms with Gasteiger partial charge in [-0.3, -0.25) is 4.79 Å². The first kappa shape index (κ1) is 14.0. The summed E-state index contributed by atoms with van der Waals surface area (Å²) in [6.45, 7) is 1.28. The molecular formula is C10H13NO4S2. The maximum atomic E-state index is 11.9. The lowest BCUT2D eigenvalue weighted by molar-refractivity contribution is -0.138. The van der Waals surface area contributed by atoms with Gasteiger partial charge in [0.25, 0.3) is 0 Å². The number of thioether (sulfide) groups is 1. The quantitative estimate of drug-likeness (QED) is 0.788. The Morgan fingerprint density at radius 2 is 2.00 bits per heavy atom. The second-order valence-corrected chi connectivity index (χ2v) is 5.86. The van der Waals surface area contributed by atoms with Crippen molar-refractivity contribution >= 4 is 27.8 Å². The van der Waals surface area contributed by atoms with Crippen LogP contribution in [0.5, 0.6) is 0 Å². The molecule has 1 atom stereocenters. The zero-order valence-corrected chi connectivity index (χ0v) is 11.0. The van der Waals surface area contributed by atoms with Crippen molar-refractivity contribution in [2.45, 2.75) is 22.8 Å². The molecular weight excluding hydrogens is 262 g/mol. The minimum absolute atomic E-state index is 0.0978. The van der Waals surface area contributed by atoms with E-state index in [-0.39, 0.29) is 4.90 Å². The fourth-order valence-corrected chi connectivity index (χ4v) is 3.53. The van der Waals surface area contributed by atoms with Gasteiger partial charge in [-0.1, -0.05) is 12.1 Å². The molecule has 0 aliphatic heterocycles. The van der Waals surface area contributed by atoms with E-state index in [1.807, 2.05) is 0 Å². The van der Waals surface area contributed by atoms with Gasteiger partial charge in [-0.15, -0.1) is 11.8 Å². The number of carbonyl (C=O) groups is 1. The molecule has 5 nitrogen and oxygen atoms in total. The molecule has 0 aromatic heterocycles. The molecule has 0 heterocycles. The summed E-state index contributed by atoms with van der Waals surface area (Å²) in [6.07, 6.45) is 1.76. The highest BCUT2D eigenvalue weighted by Gasteiger charge is 2.23. The molecule has 0 spiro atoms. The van der Waals surface area contributed by atoms with E-state index in [9.17, 15) is 13.2 Å². The molecule has 1 aromatic rings. The van der Waals surface area contributed by atoms with E-state index in [1.165, 1.54) is 24.8 Å². The standard InChI is InChI=1S/C10H13NO4S2/c1-7(10(12)13)11-17(14,15)9-6-4-3-5-8(9)16-2/h3-7,11H,1-2H3,(H,12,13)/t7-/m0/s1. The normalized spacial score (nSPS) is 13.3. The zero-order chi connectivity index (χ0) is 13.1. The summed E-state index contributed by atoms with van der Waals surface area (Å²) in [5, 5.41) is 8.69. The topological polar surface area (TPSA) is 83.5 Å². The van der Waals surface area contributed by atoms with Crippen molar-refractivity contribution in [2.75, 3.05) is 6.26 Å². The first-order chi connectivity index (χ1) is 7.88. The highest BCUT2D eigenvalue weighted by Crippen LogP contribution is 2.24. The molecule has 17 heavy (non-hydrogen) atoms. The third kappa shape index (κ3) is 3.45. The van der Waals surface area contributed by atoms with Gasteiger partial charge in [0.2, 0.25) is 10.0 Å². The van der Waals surface area contributed by atoms with Crippen LogP contribution in [0.15, 0.2) is 34.1 Å². The molecule has 0 saturated heterocycles. The van der Waals surface area contributed by atoms with Gasteiger partial charge in [0.1, 0.15) is 6.04 Å². The van der Waals surface area contributed by atoms with E-state index in [2.05, 4.69) is 4.72 Å². The lowest BCUT2D eigenvalue weighted by Gasteiger charge is -2.12. The van der Waals surface area contributed by atoms with Crippen LogP contribution >= 0.6 is 11.8 Å². The number of nitrogens with one attached hydrogen (secondary N) is 1. The number of sulfonamides is 1. The second kappa shape index (κ2) is 5.52. The number of carboxylic acid groups (broad SMARTS) is 1. The molecule has 0 aliphatic carbocycles. The van der Waals surface area contributed by atoms with Crippen LogP contribution in [0.4, 0.5) is 0 Å². The number of rotatable bonds is 5. The van der Waals surface area contributed by atoms with Gasteiger partial charge < -0.3 is 5.11 Å². The first-order valence-electron chi connectivity index (χ1n) is 4.76. The smallest absolute Gasteiger partial charge is 0.321 e. The third-order valence-corrected chi connectivity index (χ3v) is 4.58. The fraction of sp³-hybridized carbons (Fsp3) is 0.300. The number of hydrogen-bond acceptors (Lipinski definition) is 4. The Bertz CT molecular complexity index is 513. The fourth-order valence-electron chi connectivity index (χ4n) is 1.19. The van der Waals surface area contributed by atoms with Gasteiger partial charge >= 0.3 is 5.97 Å². The summed E-state index contributed by atoms with van der Waals surface area (Å²) in [4.78, 5) is 11.3. The summed E-state index contributed by atoms with van der Waals surface area (Å²) >= 11 is 1.29. The van der Waals surface area contributed by atoms with Gasteiger partial charge in [0.15, 0.2) is 0 Å². The van der Waals surface area contributed by atoms with Crippen LogP contribution in [0.1, 0.15) is 6.92 Å². The van der Waals surface area contributed by atoms with Crippen LogP contribution in [0.25, 0.3) is 0 Å². The van der Waals surface area contributed by atoms with Crippen molar-refractivity contribution in [3.8, 4) is 0 Å². The number of aliphatic carboxylic acids is 1. The van der Waals surface area contributed by atoms with Gasteiger partial charge in [-0.2, -0.15) is 4.72 Å². The first-order valence-corrected chi connectivity index (χ1v) is 7.47. The van der Waals surface area contributed by atoms with Crippen LogP contribution in [0.3, 0.4) is 0 Å². The predicted molar refractivity (Wildman–Crippen MR) is 65.6 cm³/mol. The Morgan fingerprint density at radius 3 is 2.53 bits per heavy atom. The molecule has 0 unspecified atom stereocenters. The maximum absolute atomic E-state index is 11.9. The van der Waals surface area contributed by atoms with Crippen LogP contribution in [0, 0.1) is 0 Å². The van der Waals surface area contributed by atoms with E-state index in [1.54, 1.807) is 24.5 Å². The Hall–Kier alpha value is -1.05. The zero-order valence-electron chi connectivity index (χ0n) is 9.38. The summed E-state index contributed by atoms with van der Waals surface area (Å²) in [5.74, 6) is -1.21. The monoisotopic (exact) mass is 275 g/mol. The summed E-state index contributed by atoms with van der Waals surface area (Å²) in [7, 11) is -3.80. The average molecular weight is 275 g/mol. The van der Waals surface area contributed by atoms with E-state index in [0.717, 1.165) is 0 Å². The van der Waals surface area contributed by atoms with E-state index < -0.39 is 22.0 Å². The van der Waals surface area contributed by atoms with Gasteiger partial charge in [-0.25, -0.2) is 8.42 Å². The van der Waals surface area contributed by atoms with Gasteiger partial charge in [0, 0.05) is 4.90 Å². The molecule has 0 bridgehead atoms. The highest BCUT2D eigenvalue weighted by atomic mass is 32.2. The Labute approximate surface area is 104 Å². The Morgan fingerprint density at radius 1 is 1.41 bits per heavy atom. The van der Waals surface area contributed by atoms with Crippen LogP contribution < -0.4 is 4.72 Å². The molecule has 0 amide bonds. The largest absolute Gasteiger partial charge is 0.480 e. The summed E-state index contributed by atoms with van der Waals surface area (Å²) in [6, 6.07) is 5.29. The average Bonchev–Trinajstić information content (AvgIpc) is 2.28. The van der Waals surface area contributed by atoms with Crippen LogP contribution in [-0.4, -0.2) is 31.8 Å². The van der Waals surface area contributed by atoms with Crippen LogP contribution in [0.2, 0.25) is 0 Å². The van der Waals surface area contributed by atoms with Crippen molar-refractivity contribution in [1.82, 2.24) is 4.72 Å². The molecule has 2 N–H and O–H groups in total. The van der Waals surface area contributed by atoms with E-state index in [0.29, 0.717) is 4.90 Å². The van der Waals surface area contributed by atoms with Crippen molar-refractivity contribution in [3.05, 3.63) is 24.3 Å². The van der Waals surface area contributed by atoms with Crippen molar-refractivity contribution in [3.63, 3.8) is 0 Å². The second-order valence-electron chi connectivity index (χ2n) is 3.33. The molecule has 1 aromatic carbocycles. The number of benzene rings is 1.